The molecule has 2 rings (SSSR count). The first-order chi connectivity index (χ1) is 9.24. The number of piperidine rings is 1. The van der Waals surface area contributed by atoms with Crippen LogP contribution in [0, 0.1) is 0 Å². The van der Waals surface area contributed by atoms with E-state index >= 15 is 0 Å². The number of rotatable bonds is 4. The average Bonchev–Trinajstić information content (AvgIpc) is 2.48. The normalized spacial score (nSPS) is 16.4. The largest absolute Gasteiger partial charge is 0.378 e. The van der Waals surface area contributed by atoms with Crippen LogP contribution in [0.5, 0.6) is 0 Å². The number of hydrogen-bond acceptors (Lipinski definition) is 5. The van der Waals surface area contributed by atoms with Gasteiger partial charge in [-0.1, -0.05) is 0 Å². The highest BCUT2D eigenvalue weighted by Gasteiger charge is 2.24. The lowest BCUT2D eigenvalue weighted by Gasteiger charge is -2.31. The zero-order valence-electron chi connectivity index (χ0n) is 11.4. The summed E-state index contributed by atoms with van der Waals surface area (Å²) in [6, 6.07) is 0. The number of nitrogens with one attached hydrogen (secondary N) is 1. The Hall–Kier alpha value is -1.69. The maximum Gasteiger partial charge on any atom is 0.274 e. The predicted molar refractivity (Wildman–Crippen MR) is 72.1 cm³/mol. The molecule has 1 N–H and O–H groups in total. The van der Waals surface area contributed by atoms with Crippen LogP contribution in [0.3, 0.4) is 0 Å². The Labute approximate surface area is 113 Å². The lowest BCUT2D eigenvalue weighted by Crippen LogP contribution is -2.41. The minimum absolute atomic E-state index is 0.0508. The third kappa shape index (κ3) is 3.41. The summed E-state index contributed by atoms with van der Waals surface area (Å²) in [6.07, 6.45) is 5.15. The molecule has 0 atom stereocenters. The molecule has 6 heteroatoms. The molecule has 2 heterocycles. The molecule has 1 aromatic heterocycles. The summed E-state index contributed by atoms with van der Waals surface area (Å²) in [7, 11) is 1.77. The molecule has 0 aromatic carbocycles. The Kier molecular flexibility index (Phi) is 4.68. The predicted octanol–water partition coefficient (Wildman–Crippen LogP) is 1.16. The van der Waals surface area contributed by atoms with Crippen LogP contribution in [0.15, 0.2) is 12.4 Å². The zero-order valence-corrected chi connectivity index (χ0v) is 11.4. The number of amides is 1. The minimum atomic E-state index is -0.0508. The standard InChI is InChI=1S/C13H20N4O2/c1-3-19-10-4-6-17(7-5-10)13(18)11-8-16-12(14-2)9-15-11/h8-10H,3-7H2,1-2H3,(H,14,16). The Morgan fingerprint density at radius 2 is 2.16 bits per heavy atom. The van der Waals surface area contributed by atoms with Crippen molar-refractivity contribution in [2.45, 2.75) is 25.9 Å². The second-order valence-electron chi connectivity index (χ2n) is 4.48. The molecule has 0 bridgehead atoms. The molecular weight excluding hydrogens is 244 g/mol. The second kappa shape index (κ2) is 6.47. The maximum absolute atomic E-state index is 12.2. The van der Waals surface area contributed by atoms with E-state index in [0.29, 0.717) is 11.5 Å². The highest BCUT2D eigenvalue weighted by Crippen LogP contribution is 2.15. The van der Waals surface area contributed by atoms with Crippen LogP contribution < -0.4 is 5.32 Å². The van der Waals surface area contributed by atoms with E-state index in [1.165, 1.54) is 6.20 Å². The van der Waals surface area contributed by atoms with E-state index in [2.05, 4.69) is 15.3 Å². The van der Waals surface area contributed by atoms with Crippen molar-refractivity contribution in [2.24, 2.45) is 0 Å². The molecule has 6 nitrogen and oxygen atoms in total. The first kappa shape index (κ1) is 13.7. The van der Waals surface area contributed by atoms with Crippen molar-refractivity contribution in [1.29, 1.82) is 0 Å². The van der Waals surface area contributed by atoms with Crippen LogP contribution in [0.25, 0.3) is 0 Å². The van der Waals surface area contributed by atoms with E-state index in [1.807, 2.05) is 11.8 Å². The first-order valence-electron chi connectivity index (χ1n) is 6.65. The van der Waals surface area contributed by atoms with Gasteiger partial charge >= 0.3 is 0 Å². The van der Waals surface area contributed by atoms with Crippen molar-refractivity contribution in [1.82, 2.24) is 14.9 Å². The Balaban J connectivity index is 1.93. The van der Waals surface area contributed by atoms with Gasteiger partial charge < -0.3 is 15.0 Å². The molecule has 19 heavy (non-hydrogen) atoms. The monoisotopic (exact) mass is 264 g/mol. The van der Waals surface area contributed by atoms with Crippen molar-refractivity contribution in [3.05, 3.63) is 18.1 Å². The van der Waals surface area contributed by atoms with Gasteiger partial charge in [-0.25, -0.2) is 9.97 Å². The fourth-order valence-corrected chi connectivity index (χ4v) is 2.19. The molecule has 0 radical (unpaired) electrons. The summed E-state index contributed by atoms with van der Waals surface area (Å²) in [6.45, 7) is 4.17. The smallest absolute Gasteiger partial charge is 0.274 e. The van der Waals surface area contributed by atoms with Crippen LogP contribution in [0.1, 0.15) is 30.3 Å². The van der Waals surface area contributed by atoms with Crippen molar-refractivity contribution >= 4 is 11.7 Å². The summed E-state index contributed by atoms with van der Waals surface area (Å²) < 4.78 is 5.57. The highest BCUT2D eigenvalue weighted by molar-refractivity contribution is 5.92. The molecule has 0 unspecified atom stereocenters. The number of hydrogen-bond donors (Lipinski definition) is 1. The van der Waals surface area contributed by atoms with Gasteiger partial charge in [-0.05, 0) is 19.8 Å². The summed E-state index contributed by atoms with van der Waals surface area (Å²) >= 11 is 0. The molecular formula is C13H20N4O2. The van der Waals surface area contributed by atoms with Gasteiger partial charge in [0, 0.05) is 26.7 Å². The second-order valence-corrected chi connectivity index (χ2v) is 4.48. The fraction of sp³-hybridized carbons (Fsp3) is 0.615. The molecule has 1 saturated heterocycles. The van der Waals surface area contributed by atoms with Crippen molar-refractivity contribution < 1.29 is 9.53 Å². The van der Waals surface area contributed by atoms with Gasteiger partial charge in [0.2, 0.25) is 0 Å². The number of aromatic nitrogens is 2. The van der Waals surface area contributed by atoms with Gasteiger partial charge in [0.1, 0.15) is 11.5 Å². The molecule has 1 aliphatic heterocycles. The Morgan fingerprint density at radius 3 is 2.68 bits per heavy atom. The van der Waals surface area contributed by atoms with Gasteiger partial charge in [0.15, 0.2) is 0 Å². The molecule has 1 aromatic rings. The molecule has 0 saturated carbocycles. The number of carbonyl (C=O) groups excluding carboxylic acids is 1. The van der Waals surface area contributed by atoms with Crippen LogP contribution in [0.4, 0.5) is 5.82 Å². The van der Waals surface area contributed by atoms with E-state index in [4.69, 9.17) is 4.74 Å². The third-order valence-electron chi connectivity index (χ3n) is 3.26. The molecule has 1 amide bonds. The number of ether oxygens (including phenoxy) is 1. The lowest BCUT2D eigenvalue weighted by atomic mass is 10.1. The van der Waals surface area contributed by atoms with Gasteiger partial charge in [-0.3, -0.25) is 4.79 Å². The van der Waals surface area contributed by atoms with Crippen molar-refractivity contribution in [3.63, 3.8) is 0 Å². The van der Waals surface area contributed by atoms with Gasteiger partial charge in [0.05, 0.1) is 18.5 Å². The van der Waals surface area contributed by atoms with Gasteiger partial charge in [-0.15, -0.1) is 0 Å². The maximum atomic E-state index is 12.2. The van der Waals surface area contributed by atoms with E-state index < -0.39 is 0 Å². The Bertz CT molecular complexity index is 413. The van der Waals surface area contributed by atoms with E-state index in [9.17, 15) is 4.79 Å². The van der Waals surface area contributed by atoms with E-state index in [1.54, 1.807) is 13.2 Å². The number of anilines is 1. The zero-order chi connectivity index (χ0) is 13.7. The molecule has 0 spiro atoms. The van der Waals surface area contributed by atoms with Crippen molar-refractivity contribution in [3.8, 4) is 0 Å². The molecule has 1 aliphatic rings. The number of nitrogens with zero attached hydrogens (tertiary/aromatic N) is 3. The summed E-state index contributed by atoms with van der Waals surface area (Å²) in [4.78, 5) is 22.3. The van der Waals surface area contributed by atoms with Crippen LogP contribution in [0.2, 0.25) is 0 Å². The minimum Gasteiger partial charge on any atom is -0.378 e. The fourth-order valence-electron chi connectivity index (χ4n) is 2.19. The lowest BCUT2D eigenvalue weighted by molar-refractivity contribution is 0.0144. The van der Waals surface area contributed by atoms with Crippen LogP contribution in [-0.4, -0.2) is 53.6 Å². The molecule has 1 fully saturated rings. The number of likely N-dealkylation sites (tertiary alicyclic amines) is 1. The van der Waals surface area contributed by atoms with Crippen molar-refractivity contribution in [2.75, 3.05) is 32.1 Å². The third-order valence-corrected chi connectivity index (χ3v) is 3.26. The average molecular weight is 264 g/mol. The SMILES string of the molecule is CCOC1CCN(C(=O)c2cnc(NC)cn2)CC1. The summed E-state index contributed by atoms with van der Waals surface area (Å²) in [5, 5.41) is 2.88. The van der Waals surface area contributed by atoms with E-state index in [0.717, 1.165) is 32.5 Å². The number of carbonyl (C=O) groups is 1. The van der Waals surface area contributed by atoms with Crippen LogP contribution >= 0.6 is 0 Å². The quantitative estimate of drug-likeness (QED) is 0.884. The van der Waals surface area contributed by atoms with E-state index in [-0.39, 0.29) is 12.0 Å². The topological polar surface area (TPSA) is 67.3 Å². The summed E-state index contributed by atoms with van der Waals surface area (Å²) in [5.41, 5.74) is 0.397. The van der Waals surface area contributed by atoms with Gasteiger partial charge in [0.25, 0.3) is 5.91 Å². The first-order valence-corrected chi connectivity index (χ1v) is 6.65. The molecule has 104 valence electrons. The highest BCUT2D eigenvalue weighted by atomic mass is 16.5. The Morgan fingerprint density at radius 1 is 1.42 bits per heavy atom. The van der Waals surface area contributed by atoms with Gasteiger partial charge in [-0.2, -0.15) is 0 Å². The van der Waals surface area contributed by atoms with Crippen LogP contribution in [-0.2, 0) is 4.74 Å². The summed E-state index contributed by atoms with van der Waals surface area (Å²) in [5.74, 6) is 0.608. The molecule has 0 aliphatic carbocycles.